The first-order valence-corrected chi connectivity index (χ1v) is 12.3. The molecule has 4 aromatic rings. The molecule has 0 N–H and O–H groups in total. The number of carbonyl (C=O) groups excluding carboxylic acids is 1. The summed E-state index contributed by atoms with van der Waals surface area (Å²) >= 11 is 2.54. The molecule has 2 heterocycles. The van der Waals surface area contributed by atoms with Gasteiger partial charge in [-0.1, -0.05) is 53.7 Å². The van der Waals surface area contributed by atoms with E-state index in [0.717, 1.165) is 16.7 Å². The monoisotopic (exact) mass is 482 g/mol. The molecule has 0 aliphatic carbocycles. The number of fused-ring (bicyclic) bond motifs is 1. The van der Waals surface area contributed by atoms with Crippen LogP contribution in [0.3, 0.4) is 0 Å². The van der Waals surface area contributed by atoms with Crippen LogP contribution in [0.1, 0.15) is 38.8 Å². The lowest BCUT2D eigenvalue weighted by atomic mass is 10.1. The molecule has 0 spiro atoms. The van der Waals surface area contributed by atoms with Gasteiger partial charge in [-0.05, 0) is 49.6 Å². The molecule has 0 radical (unpaired) electrons. The Labute approximate surface area is 199 Å². The van der Waals surface area contributed by atoms with Crippen LogP contribution in [0.15, 0.2) is 58.5 Å². The predicted octanol–water partition coefficient (Wildman–Crippen LogP) is 5.73. The van der Waals surface area contributed by atoms with E-state index in [1.165, 1.54) is 35.2 Å². The van der Waals surface area contributed by atoms with E-state index < -0.39 is 5.97 Å². The topological polar surface area (TPSA) is 61.2 Å². The minimum absolute atomic E-state index is 0.202. The summed E-state index contributed by atoms with van der Waals surface area (Å²) in [5.74, 6) is -0.295. The van der Waals surface area contributed by atoms with Gasteiger partial charge in [0.2, 0.25) is 0 Å². The summed E-state index contributed by atoms with van der Waals surface area (Å²) in [6.07, 6.45) is 0. The Morgan fingerprint density at radius 1 is 1.15 bits per heavy atom. The van der Waals surface area contributed by atoms with E-state index in [9.17, 15) is 14.0 Å². The van der Waals surface area contributed by atoms with Crippen LogP contribution in [-0.2, 0) is 17.0 Å². The number of halogens is 1. The first kappa shape index (κ1) is 23.2. The molecule has 2 aromatic carbocycles. The van der Waals surface area contributed by atoms with Crippen molar-refractivity contribution in [1.29, 1.82) is 0 Å². The molecular weight excluding hydrogens is 459 g/mol. The van der Waals surface area contributed by atoms with Crippen LogP contribution in [0.25, 0.3) is 10.2 Å². The molecule has 33 heavy (non-hydrogen) atoms. The van der Waals surface area contributed by atoms with E-state index in [1.54, 1.807) is 24.5 Å². The summed E-state index contributed by atoms with van der Waals surface area (Å²) in [5, 5.41) is 0.958. The van der Waals surface area contributed by atoms with Gasteiger partial charge in [0.1, 0.15) is 15.5 Å². The van der Waals surface area contributed by atoms with E-state index in [4.69, 9.17) is 9.72 Å². The highest BCUT2D eigenvalue weighted by Crippen LogP contribution is 2.31. The van der Waals surface area contributed by atoms with Crippen molar-refractivity contribution in [2.24, 2.45) is 0 Å². The molecule has 0 atom stereocenters. The first-order valence-electron chi connectivity index (χ1n) is 10.5. The maximum atomic E-state index is 13.6. The lowest BCUT2D eigenvalue weighted by Gasteiger charge is -2.13. The number of thioether (sulfide) groups is 1. The number of aryl methyl sites for hydroxylation is 2. The number of carbonyl (C=O) groups is 1. The second-order valence-corrected chi connectivity index (χ2v) is 9.59. The van der Waals surface area contributed by atoms with Gasteiger partial charge in [0, 0.05) is 5.75 Å². The summed E-state index contributed by atoms with van der Waals surface area (Å²) in [7, 11) is 0. The lowest BCUT2D eigenvalue weighted by Crippen LogP contribution is -2.24. The summed E-state index contributed by atoms with van der Waals surface area (Å²) in [5.41, 5.74) is 3.28. The molecule has 0 unspecified atom stereocenters. The van der Waals surface area contributed by atoms with Crippen LogP contribution in [0, 0.1) is 19.7 Å². The third-order valence-corrected chi connectivity index (χ3v) is 7.41. The third kappa shape index (κ3) is 5.02. The van der Waals surface area contributed by atoms with Crippen LogP contribution >= 0.6 is 23.1 Å². The zero-order valence-electron chi connectivity index (χ0n) is 18.6. The van der Waals surface area contributed by atoms with E-state index in [1.807, 2.05) is 37.3 Å². The second-order valence-electron chi connectivity index (χ2n) is 7.65. The quantitative estimate of drug-likeness (QED) is 0.191. The molecule has 5 nitrogen and oxygen atoms in total. The van der Waals surface area contributed by atoms with Crippen LogP contribution in [0.4, 0.5) is 4.39 Å². The van der Waals surface area contributed by atoms with Crippen molar-refractivity contribution >= 4 is 39.3 Å². The fourth-order valence-corrected chi connectivity index (χ4v) is 5.55. The Kier molecular flexibility index (Phi) is 6.95. The summed E-state index contributed by atoms with van der Waals surface area (Å²) in [6.45, 7) is 6.11. The van der Waals surface area contributed by atoms with Gasteiger partial charge >= 0.3 is 5.97 Å². The fourth-order valence-electron chi connectivity index (χ4n) is 3.49. The SMILES string of the molecule is CCOC(=O)c1sc2nc(SCc3cccc(F)c3)n(Cc3ccc(C)cc3)c(=O)c2c1C. The molecule has 0 amide bonds. The number of ether oxygens (including phenoxy) is 1. The van der Waals surface area contributed by atoms with Crippen molar-refractivity contribution in [3.05, 3.63) is 91.8 Å². The maximum absolute atomic E-state index is 13.6. The van der Waals surface area contributed by atoms with Gasteiger partial charge in [-0.15, -0.1) is 11.3 Å². The molecule has 0 saturated heterocycles. The highest BCUT2D eigenvalue weighted by molar-refractivity contribution is 7.98. The Morgan fingerprint density at radius 3 is 2.61 bits per heavy atom. The van der Waals surface area contributed by atoms with Crippen molar-refractivity contribution in [2.75, 3.05) is 6.61 Å². The number of hydrogen-bond donors (Lipinski definition) is 0. The smallest absolute Gasteiger partial charge is 0.348 e. The first-order chi connectivity index (χ1) is 15.9. The molecule has 0 saturated carbocycles. The van der Waals surface area contributed by atoms with Crippen molar-refractivity contribution in [3.63, 3.8) is 0 Å². The normalized spacial score (nSPS) is 11.2. The summed E-state index contributed by atoms with van der Waals surface area (Å²) in [6, 6.07) is 14.3. The molecule has 170 valence electrons. The number of thiophene rings is 1. The number of hydrogen-bond acceptors (Lipinski definition) is 6. The van der Waals surface area contributed by atoms with Crippen molar-refractivity contribution in [3.8, 4) is 0 Å². The van der Waals surface area contributed by atoms with Gasteiger partial charge in [0.25, 0.3) is 5.56 Å². The van der Waals surface area contributed by atoms with Crippen LogP contribution in [0.2, 0.25) is 0 Å². The van der Waals surface area contributed by atoms with Gasteiger partial charge in [0.15, 0.2) is 5.16 Å². The molecule has 8 heteroatoms. The molecule has 0 aliphatic heterocycles. The van der Waals surface area contributed by atoms with E-state index >= 15 is 0 Å². The molecule has 0 bridgehead atoms. The minimum Gasteiger partial charge on any atom is -0.462 e. The Balaban J connectivity index is 1.80. The van der Waals surface area contributed by atoms with Gasteiger partial charge in [-0.3, -0.25) is 9.36 Å². The Bertz CT molecular complexity index is 1380. The van der Waals surface area contributed by atoms with Gasteiger partial charge in [0.05, 0.1) is 18.5 Å². The van der Waals surface area contributed by atoms with Gasteiger partial charge in [-0.2, -0.15) is 0 Å². The van der Waals surface area contributed by atoms with Crippen molar-refractivity contribution in [1.82, 2.24) is 9.55 Å². The predicted molar refractivity (Wildman–Crippen MR) is 131 cm³/mol. The molecule has 4 rings (SSSR count). The largest absolute Gasteiger partial charge is 0.462 e. The van der Waals surface area contributed by atoms with Crippen molar-refractivity contribution < 1.29 is 13.9 Å². The maximum Gasteiger partial charge on any atom is 0.348 e. The zero-order chi connectivity index (χ0) is 23.5. The molecule has 0 aliphatic rings. The number of esters is 1. The lowest BCUT2D eigenvalue weighted by molar-refractivity contribution is 0.0531. The highest BCUT2D eigenvalue weighted by Gasteiger charge is 2.22. The number of rotatable bonds is 7. The van der Waals surface area contributed by atoms with Crippen LogP contribution < -0.4 is 5.56 Å². The molecule has 2 aromatic heterocycles. The zero-order valence-corrected chi connectivity index (χ0v) is 20.2. The minimum atomic E-state index is -0.448. The standard InChI is InChI=1S/C25H23FN2O3S2/c1-4-31-24(30)21-16(3)20-22(33-21)27-25(32-14-18-6-5-7-19(26)12-18)28(23(20)29)13-17-10-8-15(2)9-11-17/h5-12H,4,13-14H2,1-3H3. The Hall–Kier alpha value is -2.97. The highest BCUT2D eigenvalue weighted by atomic mass is 32.2. The fraction of sp³-hybridized carbons (Fsp3) is 0.240. The number of nitrogens with zero attached hydrogens (tertiary/aromatic N) is 2. The average Bonchev–Trinajstić information content (AvgIpc) is 3.12. The van der Waals surface area contributed by atoms with Gasteiger partial charge in [-0.25, -0.2) is 14.2 Å². The van der Waals surface area contributed by atoms with E-state index in [0.29, 0.717) is 38.1 Å². The summed E-state index contributed by atoms with van der Waals surface area (Å²) in [4.78, 5) is 31.6. The molecular formula is C25H23FN2O3S2. The van der Waals surface area contributed by atoms with E-state index in [-0.39, 0.29) is 18.0 Å². The number of benzene rings is 2. The molecule has 0 fully saturated rings. The van der Waals surface area contributed by atoms with Crippen LogP contribution in [-0.4, -0.2) is 22.1 Å². The number of aromatic nitrogens is 2. The third-order valence-electron chi connectivity index (χ3n) is 5.19. The van der Waals surface area contributed by atoms with Crippen LogP contribution in [0.5, 0.6) is 0 Å². The summed E-state index contributed by atoms with van der Waals surface area (Å²) < 4.78 is 20.4. The Morgan fingerprint density at radius 2 is 1.91 bits per heavy atom. The van der Waals surface area contributed by atoms with Crippen molar-refractivity contribution in [2.45, 2.75) is 38.2 Å². The van der Waals surface area contributed by atoms with Gasteiger partial charge < -0.3 is 4.74 Å². The second kappa shape index (κ2) is 9.89. The average molecular weight is 483 g/mol. The van der Waals surface area contributed by atoms with E-state index in [2.05, 4.69) is 0 Å².